The second-order valence-corrected chi connectivity index (χ2v) is 6.51. The fourth-order valence-corrected chi connectivity index (χ4v) is 2.74. The number of benzene rings is 1. The molecule has 0 fully saturated rings. The van der Waals surface area contributed by atoms with Crippen LogP contribution in [0.25, 0.3) is 11.4 Å². The molecule has 27 heavy (non-hydrogen) atoms. The molecule has 0 spiro atoms. The van der Waals surface area contributed by atoms with Crippen LogP contribution < -0.4 is 5.32 Å². The van der Waals surface area contributed by atoms with Gasteiger partial charge in [-0.1, -0.05) is 0 Å². The number of halogens is 2. The van der Waals surface area contributed by atoms with E-state index in [9.17, 15) is 13.9 Å². The van der Waals surface area contributed by atoms with Crippen LogP contribution in [0.15, 0.2) is 30.3 Å². The minimum absolute atomic E-state index is 0.258. The Morgan fingerprint density at radius 2 is 1.78 bits per heavy atom. The monoisotopic (exact) mass is 373 g/mol. The molecule has 0 saturated heterocycles. The summed E-state index contributed by atoms with van der Waals surface area (Å²) in [6, 6.07) is 7.30. The number of hydrogen-bond acceptors (Lipinski definition) is 5. The molecule has 8 heteroatoms. The molecule has 6 nitrogen and oxygen atoms in total. The van der Waals surface area contributed by atoms with E-state index in [0.29, 0.717) is 24.5 Å². The number of anilines is 2. The van der Waals surface area contributed by atoms with Crippen molar-refractivity contribution in [2.45, 2.75) is 39.8 Å². The summed E-state index contributed by atoms with van der Waals surface area (Å²) in [6.45, 7) is 5.96. The standard InChI is InChI=1S/C19H21F2N5O/c1-11-8-14(9-12(2)22-11)18-24-19(25-26(18)7-6-13(3)27)23-15-4-5-16(20)17(21)10-15/h4-5,8-10,13,27H,6-7H2,1-3H3,(H,23,25). The molecule has 0 bridgehead atoms. The maximum Gasteiger partial charge on any atom is 0.247 e. The lowest BCUT2D eigenvalue weighted by Crippen LogP contribution is -2.10. The van der Waals surface area contributed by atoms with Gasteiger partial charge in [0.15, 0.2) is 17.5 Å². The average molecular weight is 373 g/mol. The molecule has 0 aliphatic rings. The highest BCUT2D eigenvalue weighted by atomic mass is 19.2. The van der Waals surface area contributed by atoms with Gasteiger partial charge < -0.3 is 10.4 Å². The SMILES string of the molecule is Cc1cc(-c2nc(Nc3ccc(F)c(F)c3)nn2CCC(C)O)cc(C)n1. The Morgan fingerprint density at radius 3 is 2.41 bits per heavy atom. The first-order valence-corrected chi connectivity index (χ1v) is 8.62. The first-order chi connectivity index (χ1) is 12.8. The number of nitrogens with one attached hydrogen (secondary N) is 1. The molecule has 3 rings (SSSR count). The second kappa shape index (κ2) is 7.79. The van der Waals surface area contributed by atoms with E-state index in [1.165, 1.54) is 6.07 Å². The topological polar surface area (TPSA) is 75.9 Å². The minimum atomic E-state index is -0.950. The summed E-state index contributed by atoms with van der Waals surface area (Å²) in [6.07, 6.45) is 0.0230. The third-order valence-electron chi connectivity index (χ3n) is 3.95. The van der Waals surface area contributed by atoms with Crippen molar-refractivity contribution in [2.24, 2.45) is 0 Å². The predicted molar refractivity (Wildman–Crippen MR) is 98.7 cm³/mol. The van der Waals surface area contributed by atoms with Crippen LogP contribution >= 0.6 is 0 Å². The molecule has 1 atom stereocenters. The van der Waals surface area contributed by atoms with Crippen LogP contribution in [0.4, 0.5) is 20.4 Å². The molecule has 0 saturated carbocycles. The van der Waals surface area contributed by atoms with Crippen molar-refractivity contribution in [3.8, 4) is 11.4 Å². The molecule has 142 valence electrons. The van der Waals surface area contributed by atoms with Crippen molar-refractivity contribution in [3.63, 3.8) is 0 Å². The number of aliphatic hydroxyl groups excluding tert-OH is 1. The van der Waals surface area contributed by atoms with E-state index < -0.39 is 17.7 Å². The Labute approximate surface area is 155 Å². The summed E-state index contributed by atoms with van der Waals surface area (Å²) < 4.78 is 28.2. The summed E-state index contributed by atoms with van der Waals surface area (Å²) in [5.41, 5.74) is 2.89. The van der Waals surface area contributed by atoms with Crippen molar-refractivity contribution in [3.05, 3.63) is 53.4 Å². The van der Waals surface area contributed by atoms with Crippen LogP contribution in [0.5, 0.6) is 0 Å². The van der Waals surface area contributed by atoms with Crippen molar-refractivity contribution in [2.75, 3.05) is 5.32 Å². The van der Waals surface area contributed by atoms with Gasteiger partial charge in [-0.2, -0.15) is 4.98 Å². The fourth-order valence-electron chi connectivity index (χ4n) is 2.74. The Kier molecular flexibility index (Phi) is 5.46. The first-order valence-electron chi connectivity index (χ1n) is 8.62. The van der Waals surface area contributed by atoms with Crippen molar-refractivity contribution < 1.29 is 13.9 Å². The third-order valence-corrected chi connectivity index (χ3v) is 3.95. The summed E-state index contributed by atoms with van der Waals surface area (Å²) in [4.78, 5) is 8.87. The summed E-state index contributed by atoms with van der Waals surface area (Å²) in [7, 11) is 0. The van der Waals surface area contributed by atoms with Crippen LogP contribution in [0, 0.1) is 25.5 Å². The molecule has 0 aliphatic heterocycles. The van der Waals surface area contributed by atoms with E-state index in [4.69, 9.17) is 0 Å². The molecule has 0 amide bonds. The number of aryl methyl sites for hydroxylation is 3. The molecular formula is C19H21F2N5O. The van der Waals surface area contributed by atoms with E-state index in [1.54, 1.807) is 11.6 Å². The normalized spacial score (nSPS) is 12.2. The molecular weight excluding hydrogens is 352 g/mol. The molecule has 0 aliphatic carbocycles. The summed E-state index contributed by atoms with van der Waals surface area (Å²) >= 11 is 0. The van der Waals surface area contributed by atoms with Crippen LogP contribution in [0.2, 0.25) is 0 Å². The fraction of sp³-hybridized carbons (Fsp3) is 0.316. The lowest BCUT2D eigenvalue weighted by atomic mass is 10.2. The molecule has 3 aromatic rings. The number of aliphatic hydroxyl groups is 1. The van der Waals surface area contributed by atoms with E-state index >= 15 is 0 Å². The zero-order chi connectivity index (χ0) is 19.6. The third kappa shape index (κ3) is 4.65. The zero-order valence-electron chi connectivity index (χ0n) is 15.4. The summed E-state index contributed by atoms with van der Waals surface area (Å²) in [5, 5.41) is 16.9. The van der Waals surface area contributed by atoms with E-state index in [2.05, 4.69) is 20.4 Å². The molecule has 2 N–H and O–H groups in total. The van der Waals surface area contributed by atoms with Gasteiger partial charge in [0.2, 0.25) is 5.95 Å². The van der Waals surface area contributed by atoms with E-state index in [0.717, 1.165) is 29.1 Å². The van der Waals surface area contributed by atoms with Gasteiger partial charge in [-0.05, 0) is 51.5 Å². The Hall–Kier alpha value is -2.87. The smallest absolute Gasteiger partial charge is 0.247 e. The van der Waals surface area contributed by atoms with Gasteiger partial charge in [-0.15, -0.1) is 5.10 Å². The van der Waals surface area contributed by atoms with Gasteiger partial charge in [0.1, 0.15) is 0 Å². The van der Waals surface area contributed by atoms with Crippen molar-refractivity contribution in [1.82, 2.24) is 19.7 Å². The molecule has 2 heterocycles. The Balaban J connectivity index is 1.96. The highest BCUT2D eigenvalue weighted by Crippen LogP contribution is 2.23. The molecule has 0 radical (unpaired) electrons. The van der Waals surface area contributed by atoms with Gasteiger partial charge >= 0.3 is 0 Å². The van der Waals surface area contributed by atoms with Gasteiger partial charge in [0.05, 0.1) is 6.10 Å². The average Bonchev–Trinajstić information content (AvgIpc) is 2.98. The van der Waals surface area contributed by atoms with Gasteiger partial charge in [0, 0.05) is 35.2 Å². The van der Waals surface area contributed by atoms with Crippen molar-refractivity contribution >= 4 is 11.6 Å². The molecule has 1 aromatic carbocycles. The molecule has 1 unspecified atom stereocenters. The quantitative estimate of drug-likeness (QED) is 0.688. The van der Waals surface area contributed by atoms with E-state index in [1.807, 2.05) is 26.0 Å². The molecule has 2 aromatic heterocycles. The Morgan fingerprint density at radius 1 is 1.07 bits per heavy atom. The predicted octanol–water partition coefficient (Wildman–Crippen LogP) is 3.75. The number of hydrogen-bond donors (Lipinski definition) is 2. The highest BCUT2D eigenvalue weighted by Gasteiger charge is 2.15. The van der Waals surface area contributed by atoms with Crippen LogP contribution in [0.1, 0.15) is 24.7 Å². The maximum absolute atomic E-state index is 13.4. The maximum atomic E-state index is 13.4. The van der Waals surface area contributed by atoms with Crippen LogP contribution in [-0.2, 0) is 6.54 Å². The van der Waals surface area contributed by atoms with Crippen molar-refractivity contribution in [1.29, 1.82) is 0 Å². The minimum Gasteiger partial charge on any atom is -0.393 e. The van der Waals surface area contributed by atoms with Crippen LogP contribution in [-0.4, -0.2) is 31.0 Å². The van der Waals surface area contributed by atoms with E-state index in [-0.39, 0.29) is 5.95 Å². The summed E-state index contributed by atoms with van der Waals surface area (Å²) in [5.74, 6) is -1.00. The lowest BCUT2D eigenvalue weighted by Gasteiger charge is -2.08. The Bertz CT molecular complexity index is 935. The first kappa shape index (κ1) is 18.9. The number of rotatable bonds is 6. The number of pyridine rings is 1. The highest BCUT2D eigenvalue weighted by molar-refractivity contribution is 5.60. The van der Waals surface area contributed by atoms with Crippen LogP contribution in [0.3, 0.4) is 0 Å². The number of nitrogens with zero attached hydrogens (tertiary/aromatic N) is 4. The van der Waals surface area contributed by atoms with Gasteiger partial charge in [-0.3, -0.25) is 4.98 Å². The van der Waals surface area contributed by atoms with Gasteiger partial charge in [-0.25, -0.2) is 13.5 Å². The number of aromatic nitrogens is 4. The zero-order valence-corrected chi connectivity index (χ0v) is 15.4. The lowest BCUT2D eigenvalue weighted by molar-refractivity contribution is 0.176. The van der Waals surface area contributed by atoms with Gasteiger partial charge in [0.25, 0.3) is 0 Å². The largest absolute Gasteiger partial charge is 0.393 e. The second-order valence-electron chi connectivity index (χ2n) is 6.51.